The maximum atomic E-state index is 12.0. The summed E-state index contributed by atoms with van der Waals surface area (Å²) in [6.45, 7) is 4.67. The summed E-state index contributed by atoms with van der Waals surface area (Å²) in [4.78, 5) is 24.5. The molecule has 1 aliphatic rings. The second kappa shape index (κ2) is 5.33. The fourth-order valence-corrected chi connectivity index (χ4v) is 2.34. The molecule has 0 bridgehead atoms. The summed E-state index contributed by atoms with van der Waals surface area (Å²) >= 11 is 0. The summed E-state index contributed by atoms with van der Waals surface area (Å²) in [6.07, 6.45) is 0. The number of fused-ring (bicyclic) bond motifs is 1. The molecule has 0 unspecified atom stereocenters. The molecule has 1 amide bonds. The topological polar surface area (TPSA) is 71.7 Å². The molecule has 2 aromatic heterocycles. The first-order valence-corrected chi connectivity index (χ1v) is 6.89. The highest BCUT2D eigenvalue weighted by atomic mass is 16.5. The molecular weight excluding hydrogens is 272 g/mol. The van der Waals surface area contributed by atoms with Crippen LogP contribution in [0.4, 0.5) is 5.82 Å². The SMILES string of the molecule is Cc1nc(N2CCOCC2)c2oc(C(=O)N(C)C)cc2n1. The van der Waals surface area contributed by atoms with Crippen LogP contribution in [0.25, 0.3) is 11.1 Å². The summed E-state index contributed by atoms with van der Waals surface area (Å²) in [5.74, 6) is 1.50. The smallest absolute Gasteiger partial charge is 0.289 e. The highest BCUT2D eigenvalue weighted by Gasteiger charge is 2.22. The van der Waals surface area contributed by atoms with Gasteiger partial charge in [0.15, 0.2) is 17.2 Å². The van der Waals surface area contributed by atoms with Crippen molar-refractivity contribution in [1.29, 1.82) is 0 Å². The van der Waals surface area contributed by atoms with E-state index in [1.807, 2.05) is 6.92 Å². The van der Waals surface area contributed by atoms with Crippen molar-refractivity contribution in [3.63, 3.8) is 0 Å². The van der Waals surface area contributed by atoms with Gasteiger partial charge in [-0.15, -0.1) is 0 Å². The molecule has 1 aliphatic heterocycles. The van der Waals surface area contributed by atoms with Gasteiger partial charge in [-0.2, -0.15) is 0 Å². The Kier molecular flexibility index (Phi) is 3.50. The molecule has 7 nitrogen and oxygen atoms in total. The zero-order valence-electron chi connectivity index (χ0n) is 12.4. The Labute approximate surface area is 122 Å². The molecule has 0 spiro atoms. The van der Waals surface area contributed by atoms with E-state index in [9.17, 15) is 4.79 Å². The van der Waals surface area contributed by atoms with Crippen molar-refractivity contribution in [1.82, 2.24) is 14.9 Å². The monoisotopic (exact) mass is 290 g/mol. The average Bonchev–Trinajstić information content (AvgIpc) is 2.90. The third kappa shape index (κ3) is 2.56. The number of aryl methyl sites for hydroxylation is 1. The van der Waals surface area contributed by atoms with E-state index in [-0.39, 0.29) is 11.7 Å². The first kappa shape index (κ1) is 13.8. The van der Waals surface area contributed by atoms with Gasteiger partial charge in [0.05, 0.1) is 13.2 Å². The zero-order valence-corrected chi connectivity index (χ0v) is 12.4. The molecule has 1 saturated heterocycles. The Morgan fingerprint density at radius 1 is 1.29 bits per heavy atom. The maximum Gasteiger partial charge on any atom is 0.289 e. The van der Waals surface area contributed by atoms with Crippen LogP contribution in [0, 0.1) is 6.92 Å². The van der Waals surface area contributed by atoms with Gasteiger partial charge in [0.1, 0.15) is 11.3 Å². The molecule has 0 N–H and O–H groups in total. The molecule has 112 valence electrons. The van der Waals surface area contributed by atoms with Gasteiger partial charge in [-0.1, -0.05) is 0 Å². The Bertz CT molecular complexity index is 674. The third-order valence-corrected chi connectivity index (χ3v) is 3.39. The van der Waals surface area contributed by atoms with Crippen LogP contribution in [0.3, 0.4) is 0 Å². The number of hydrogen-bond acceptors (Lipinski definition) is 6. The average molecular weight is 290 g/mol. The van der Waals surface area contributed by atoms with Crippen molar-refractivity contribution in [3.05, 3.63) is 17.7 Å². The summed E-state index contributed by atoms with van der Waals surface area (Å²) < 4.78 is 11.1. The van der Waals surface area contributed by atoms with Crippen LogP contribution >= 0.6 is 0 Å². The summed E-state index contributed by atoms with van der Waals surface area (Å²) in [6, 6.07) is 1.68. The van der Waals surface area contributed by atoms with Crippen LogP contribution in [0.2, 0.25) is 0 Å². The first-order valence-electron chi connectivity index (χ1n) is 6.89. The molecule has 3 heterocycles. The third-order valence-electron chi connectivity index (χ3n) is 3.39. The number of rotatable bonds is 2. The number of nitrogens with zero attached hydrogens (tertiary/aromatic N) is 4. The predicted octanol–water partition coefficient (Wildman–Crippen LogP) is 1.07. The van der Waals surface area contributed by atoms with Gasteiger partial charge in [0.25, 0.3) is 5.91 Å². The summed E-state index contributed by atoms with van der Waals surface area (Å²) in [5, 5.41) is 0. The predicted molar refractivity (Wildman–Crippen MR) is 77.6 cm³/mol. The van der Waals surface area contributed by atoms with Crippen LogP contribution in [0.1, 0.15) is 16.4 Å². The van der Waals surface area contributed by atoms with Crippen LogP contribution in [-0.2, 0) is 4.74 Å². The first-order chi connectivity index (χ1) is 10.1. The highest BCUT2D eigenvalue weighted by Crippen LogP contribution is 2.28. The second-order valence-electron chi connectivity index (χ2n) is 5.22. The van der Waals surface area contributed by atoms with E-state index >= 15 is 0 Å². The van der Waals surface area contributed by atoms with Crippen LogP contribution < -0.4 is 4.90 Å². The number of morpholine rings is 1. The molecule has 21 heavy (non-hydrogen) atoms. The highest BCUT2D eigenvalue weighted by molar-refractivity contribution is 5.97. The number of ether oxygens (including phenoxy) is 1. The molecule has 7 heteroatoms. The van der Waals surface area contributed by atoms with E-state index in [1.165, 1.54) is 4.90 Å². The molecule has 0 aromatic carbocycles. The minimum atomic E-state index is -0.182. The molecule has 3 rings (SSSR count). The molecule has 0 radical (unpaired) electrons. The van der Waals surface area contributed by atoms with Gasteiger partial charge in [0.2, 0.25) is 0 Å². The number of carbonyl (C=O) groups excluding carboxylic acids is 1. The lowest BCUT2D eigenvalue weighted by atomic mass is 10.3. The summed E-state index contributed by atoms with van der Waals surface area (Å²) in [5.41, 5.74) is 1.22. The van der Waals surface area contributed by atoms with Crippen molar-refractivity contribution in [2.24, 2.45) is 0 Å². The van der Waals surface area contributed by atoms with Gasteiger partial charge in [-0.25, -0.2) is 9.97 Å². The standard InChI is InChI=1S/C14H18N4O3/c1-9-15-10-8-11(14(19)17(2)3)21-12(10)13(16-9)18-4-6-20-7-5-18/h8H,4-7H2,1-3H3. The Balaban J connectivity index is 2.08. The van der Waals surface area contributed by atoms with Crippen molar-refractivity contribution >= 4 is 22.8 Å². The molecule has 0 atom stereocenters. The van der Waals surface area contributed by atoms with E-state index in [4.69, 9.17) is 9.15 Å². The van der Waals surface area contributed by atoms with Gasteiger partial charge >= 0.3 is 0 Å². The minimum Gasteiger partial charge on any atom is -0.445 e. The fraction of sp³-hybridized carbons (Fsp3) is 0.500. The maximum absolute atomic E-state index is 12.0. The molecule has 0 saturated carbocycles. The quantitative estimate of drug-likeness (QED) is 0.824. The van der Waals surface area contributed by atoms with Crippen LogP contribution in [0.15, 0.2) is 10.5 Å². The van der Waals surface area contributed by atoms with Gasteiger partial charge in [-0.3, -0.25) is 4.79 Å². The van der Waals surface area contributed by atoms with Gasteiger partial charge in [-0.05, 0) is 6.92 Å². The van der Waals surface area contributed by atoms with Crippen molar-refractivity contribution in [3.8, 4) is 0 Å². The number of amides is 1. The lowest BCUT2D eigenvalue weighted by Gasteiger charge is -2.27. The lowest BCUT2D eigenvalue weighted by Crippen LogP contribution is -2.37. The fourth-order valence-electron chi connectivity index (χ4n) is 2.34. The van der Waals surface area contributed by atoms with Crippen molar-refractivity contribution < 1.29 is 13.9 Å². The van der Waals surface area contributed by atoms with E-state index in [2.05, 4.69) is 14.9 Å². The van der Waals surface area contributed by atoms with Gasteiger partial charge in [0, 0.05) is 33.3 Å². The molecule has 0 aliphatic carbocycles. The molecule has 1 fully saturated rings. The number of aromatic nitrogens is 2. The van der Waals surface area contributed by atoms with Crippen molar-refractivity contribution in [2.75, 3.05) is 45.3 Å². The molecular formula is C14H18N4O3. The second-order valence-corrected chi connectivity index (χ2v) is 5.22. The number of hydrogen-bond donors (Lipinski definition) is 0. The molecule has 2 aromatic rings. The number of anilines is 1. The Morgan fingerprint density at radius 2 is 2.00 bits per heavy atom. The largest absolute Gasteiger partial charge is 0.445 e. The Hall–Kier alpha value is -2.15. The van der Waals surface area contributed by atoms with Crippen LogP contribution in [-0.4, -0.2) is 61.2 Å². The Morgan fingerprint density at radius 3 is 2.67 bits per heavy atom. The van der Waals surface area contributed by atoms with E-state index < -0.39 is 0 Å². The lowest BCUT2D eigenvalue weighted by molar-refractivity contribution is 0.0799. The summed E-state index contributed by atoms with van der Waals surface area (Å²) in [7, 11) is 3.38. The van der Waals surface area contributed by atoms with E-state index in [0.717, 1.165) is 18.9 Å². The minimum absolute atomic E-state index is 0.182. The number of furan rings is 1. The van der Waals surface area contributed by atoms with Crippen LogP contribution in [0.5, 0.6) is 0 Å². The normalized spacial score (nSPS) is 15.5. The van der Waals surface area contributed by atoms with E-state index in [1.54, 1.807) is 20.2 Å². The van der Waals surface area contributed by atoms with Crippen molar-refractivity contribution in [2.45, 2.75) is 6.92 Å². The van der Waals surface area contributed by atoms with Gasteiger partial charge < -0.3 is 19.0 Å². The van der Waals surface area contributed by atoms with E-state index in [0.29, 0.717) is 30.1 Å². The zero-order chi connectivity index (χ0) is 15.0. The number of carbonyl (C=O) groups is 1.